The van der Waals surface area contributed by atoms with Crippen LogP contribution in [0.2, 0.25) is 0 Å². The van der Waals surface area contributed by atoms with Crippen molar-refractivity contribution in [1.82, 2.24) is 77.7 Å². The maximum Gasteiger partial charge on any atom is 0.694 e. The molecule has 49 nitrogen and oxygen atoms in total. The number of aromatic nitrogens is 16. The van der Waals surface area contributed by atoms with Gasteiger partial charge >= 0.3 is 50.9 Å². The van der Waals surface area contributed by atoms with E-state index in [9.17, 15) is 71.6 Å². The van der Waals surface area contributed by atoms with Crippen LogP contribution in [0.15, 0.2) is 69.3 Å². The highest BCUT2D eigenvalue weighted by atomic mass is 31.2. The molecule has 0 aromatic carbocycles. The minimum atomic E-state index is -5.56. The first-order chi connectivity index (χ1) is 48.8. The molecule has 13 rings (SSSR count). The smallest absolute Gasteiger partial charge is 0.390 e. The molecule has 0 saturated carbocycles. The molecule has 0 aliphatic carbocycles. The summed E-state index contributed by atoms with van der Waals surface area (Å²) in [5.74, 6) is -0.450. The topological polar surface area (TPSA) is 681 Å². The number of rotatable bonds is 28. The van der Waals surface area contributed by atoms with E-state index in [0.717, 1.165) is 28.0 Å². The van der Waals surface area contributed by atoms with Gasteiger partial charge in [-0.15, -0.1) is 9.42 Å². The largest absolute Gasteiger partial charge is 0.694 e. The zero-order valence-corrected chi connectivity index (χ0v) is 57.2. The van der Waals surface area contributed by atoms with Gasteiger partial charge in [0.15, 0.2) is 34.1 Å². The van der Waals surface area contributed by atoms with Crippen LogP contribution in [0.4, 0.5) is 23.4 Å². The Morgan fingerprint density at radius 3 is 1.40 bits per heavy atom. The summed E-state index contributed by atoms with van der Waals surface area (Å²) in [6, 6.07) is 1.23. The van der Waals surface area contributed by atoms with E-state index in [2.05, 4.69) is 54.8 Å². The molecule has 16 N–H and O–H groups in total. The number of H-pyrrole nitrogens is 2. The number of nitrogen functional groups attached to an aromatic ring is 4. The predicted molar refractivity (Wildman–Crippen MR) is 338 cm³/mol. The van der Waals surface area contributed by atoms with Crippen LogP contribution in [0.3, 0.4) is 0 Å². The number of hydrogen-bond acceptors (Lipinski definition) is 37. The molecule has 0 radical (unpaired) electrons. The summed E-state index contributed by atoms with van der Waals surface area (Å²) in [6.07, 6.45) is -15.2. The normalized spacial score (nSPS) is 29.2. The van der Waals surface area contributed by atoms with Gasteiger partial charge < -0.3 is 71.3 Å². The standard InChI is InChI=1S/C49H61N20O29P5/c1-20-9-66(49(74)64-45(20)71)34-6-24(97-102(81,82)87-12-28-23(5-33(92-28)65-3-2-31(50)61-48(65)73)96-100(77,78)86-11-26-21(70)4-32(90-26)67-17-58-37-40(51)54-15-56-42(37)67)29(93-34)13-88-103(83,84)98-25-8-36(69-19-60-39-44(69)62-47(53)63-46(39)72)94-30(25)14-89-101(79,80)95-22-7-35(91-27(22)10-85-99(75)76)68-18-59-38-41(52)55-16-57-43(38)68/h2-3,9,15-19,21-30,32-36,70H,4-8,10-14H2,1H3,(H14-,50,51,52,53,54,55,56,57,61,62,63,64,71,72,73,74,75,76,77,78,79,80,81,82,83,84)/p+1/t21-,22-,23-,24-,25-,26+,27+,28+,29+,30+,32+,33+,34+,35+,36+/m0/s1. The number of nitrogens with zero attached hydrogens (tertiary/aromatic N) is 14. The lowest BCUT2D eigenvalue weighted by Gasteiger charge is -2.25. The van der Waals surface area contributed by atoms with Gasteiger partial charge in [-0.05, 0) is 13.0 Å². The van der Waals surface area contributed by atoms with Crippen molar-refractivity contribution in [3.63, 3.8) is 0 Å². The molecule has 5 saturated heterocycles. The van der Waals surface area contributed by atoms with E-state index in [0.29, 0.717) is 0 Å². The summed E-state index contributed by atoms with van der Waals surface area (Å²) in [5, 5.41) is 10.9. The highest BCUT2D eigenvalue weighted by Crippen LogP contribution is 2.55. The van der Waals surface area contributed by atoms with Gasteiger partial charge in [0, 0.05) is 54.6 Å². The zero-order valence-electron chi connectivity index (χ0n) is 52.7. The second-order valence-corrected chi connectivity index (χ2v) is 29.9. The lowest BCUT2D eigenvalue weighted by Crippen LogP contribution is -2.33. The van der Waals surface area contributed by atoms with E-state index in [1.807, 2.05) is 0 Å². The average Bonchev–Trinajstić information content (AvgIpc) is 1.65. The molecule has 13 heterocycles. The third-order valence-corrected chi connectivity index (χ3v) is 21.2. The Morgan fingerprint density at radius 1 is 0.524 bits per heavy atom. The van der Waals surface area contributed by atoms with E-state index in [-0.39, 0.29) is 75.3 Å². The van der Waals surface area contributed by atoms with Crippen LogP contribution in [0, 0.1) is 6.92 Å². The average molecular weight is 1550 g/mol. The van der Waals surface area contributed by atoms with Crippen molar-refractivity contribution < 1.29 is 117 Å². The number of aromatic amines is 2. The lowest BCUT2D eigenvalue weighted by atomic mass is 10.2. The molecule has 0 amide bonds. The fourth-order valence-electron chi connectivity index (χ4n) is 11.9. The summed E-state index contributed by atoms with van der Waals surface area (Å²) < 4.78 is 152. The summed E-state index contributed by atoms with van der Waals surface area (Å²) in [7, 11) is -24.9. The molecule has 54 heteroatoms. The van der Waals surface area contributed by atoms with Gasteiger partial charge in [-0.2, -0.15) is 9.97 Å². The fourth-order valence-corrected chi connectivity index (χ4v) is 16.1. The van der Waals surface area contributed by atoms with Crippen LogP contribution < -0.4 is 45.4 Å². The SMILES string of the molecule is Cc1cn([C@H]2C[C@H](OP(=O)(O)OC[C@H]3O[C@@H](n4ccc(N)nc4=O)C[C@@H]3OP(=O)(O)OC[C@H]3O[C@@H](n4cnc5c(N)ncnc54)C[C@@H]3O)[C@@H](COP(=O)(O)O[C@H]3C[C@H](n4cnc5c(=O)[nH]c(N)nc54)O[C@@H]3COP(=O)(O)O[C@H]3C[C@H](n4cnc5c(N)ncnc54)O[C@@H]3CO[P+](=O)O)O2)c(=O)[nH]c1=O. The maximum atomic E-state index is 14.3. The third-order valence-electron chi connectivity index (χ3n) is 16.7. The van der Waals surface area contributed by atoms with Crippen molar-refractivity contribution in [3.05, 3.63) is 97.3 Å². The number of aryl methyl sites for hydroxylation is 1. The van der Waals surface area contributed by atoms with Crippen molar-refractivity contribution in [3.8, 4) is 0 Å². The van der Waals surface area contributed by atoms with Crippen LogP contribution in [0.25, 0.3) is 33.5 Å². The number of phosphoric ester groups is 4. The minimum absolute atomic E-state index is 0.0145. The van der Waals surface area contributed by atoms with Gasteiger partial charge in [-0.25, -0.2) is 62.7 Å². The molecule has 5 unspecified atom stereocenters. The summed E-state index contributed by atoms with van der Waals surface area (Å²) >= 11 is 0. The molecule has 8 aromatic heterocycles. The fraction of sp³-hybridized carbons (Fsp3) is 0.531. The molecule has 556 valence electrons. The van der Waals surface area contributed by atoms with Gasteiger partial charge in [-0.3, -0.25) is 78.6 Å². The molecule has 0 bridgehead atoms. The van der Waals surface area contributed by atoms with Gasteiger partial charge in [0.25, 0.3) is 11.1 Å². The second-order valence-electron chi connectivity index (χ2n) is 23.5. The van der Waals surface area contributed by atoms with Crippen LogP contribution in [0.5, 0.6) is 0 Å². The quantitative estimate of drug-likeness (QED) is 0.0254. The Labute approximate surface area is 573 Å². The third kappa shape index (κ3) is 16.5. The monoisotopic (exact) mass is 1550 g/mol. The first kappa shape index (κ1) is 73.7. The molecular formula is C49H62N20O29P5+. The number of aliphatic hydroxyl groups is 1. The Kier molecular flexibility index (Phi) is 21.0. The highest BCUT2D eigenvalue weighted by Gasteiger charge is 2.50. The molecule has 5 aliphatic rings. The number of nitrogens with one attached hydrogen (secondary N) is 2. The van der Waals surface area contributed by atoms with Crippen molar-refractivity contribution in [2.75, 3.05) is 56.0 Å². The highest BCUT2D eigenvalue weighted by molar-refractivity contribution is 7.48. The van der Waals surface area contributed by atoms with Gasteiger partial charge in [0.1, 0.15) is 122 Å². The number of fused-ring (bicyclic) bond motifs is 3. The van der Waals surface area contributed by atoms with E-state index >= 15 is 0 Å². The number of ether oxygens (including phenoxy) is 5. The van der Waals surface area contributed by atoms with Crippen LogP contribution in [-0.4, -0.2) is 201 Å². The second kappa shape index (κ2) is 29.4. The Morgan fingerprint density at radius 2 is 0.932 bits per heavy atom. The predicted octanol–water partition coefficient (Wildman–Crippen LogP) is -1.28. The van der Waals surface area contributed by atoms with Gasteiger partial charge in [-0.1, -0.05) is 0 Å². The Balaban J connectivity index is 0.699. The Bertz CT molecular complexity index is 4980. The van der Waals surface area contributed by atoms with Crippen LogP contribution >= 0.6 is 39.5 Å². The maximum absolute atomic E-state index is 14.3. The van der Waals surface area contributed by atoms with E-state index < -0.39 is 207 Å². The molecular weight excluding hydrogens is 1490 g/mol. The van der Waals surface area contributed by atoms with Gasteiger partial charge in [0.05, 0.1) is 51.5 Å². The summed E-state index contributed by atoms with van der Waals surface area (Å²) in [4.78, 5) is 147. The first-order valence-electron chi connectivity index (χ1n) is 30.4. The van der Waals surface area contributed by atoms with E-state index in [1.165, 1.54) is 51.9 Å². The van der Waals surface area contributed by atoms with Crippen molar-refractivity contribution in [2.24, 2.45) is 0 Å². The molecule has 5 aliphatic heterocycles. The van der Waals surface area contributed by atoms with Gasteiger partial charge in [0.2, 0.25) is 5.95 Å². The summed E-state index contributed by atoms with van der Waals surface area (Å²) in [5.41, 5.74) is 20.3. The number of anilines is 4. The number of phosphoric acid groups is 4. The number of imidazole rings is 3. The zero-order chi connectivity index (χ0) is 73.2. The number of aliphatic hydroxyl groups excluding tert-OH is 1. The van der Waals surface area contributed by atoms with E-state index in [1.54, 1.807) is 0 Å². The molecule has 0 spiro atoms. The van der Waals surface area contributed by atoms with Crippen molar-refractivity contribution >= 4 is 96.4 Å². The molecule has 20 atom stereocenters. The molecule has 8 aromatic rings. The van der Waals surface area contributed by atoms with Crippen LogP contribution in [0.1, 0.15) is 68.8 Å². The lowest BCUT2D eigenvalue weighted by molar-refractivity contribution is -0.0642. The molecule has 103 heavy (non-hydrogen) atoms. The van der Waals surface area contributed by atoms with Crippen molar-refractivity contribution in [2.45, 2.75) is 131 Å². The molecule has 5 fully saturated rings. The minimum Gasteiger partial charge on any atom is -0.390 e. The summed E-state index contributed by atoms with van der Waals surface area (Å²) in [6.45, 7) is -3.22. The number of hydrogen-bond donors (Lipinski definition) is 12. The number of nitrogens with two attached hydrogens (primary N) is 4. The Hall–Kier alpha value is -7.57. The van der Waals surface area contributed by atoms with E-state index in [4.69, 9.17) is 87.3 Å². The van der Waals surface area contributed by atoms with Crippen molar-refractivity contribution in [1.29, 1.82) is 0 Å². The van der Waals surface area contributed by atoms with Crippen LogP contribution in [-0.2, 0) is 87.2 Å². The first-order valence-corrected chi connectivity index (χ1v) is 37.6.